The van der Waals surface area contributed by atoms with E-state index in [-0.39, 0.29) is 5.82 Å². The van der Waals surface area contributed by atoms with Crippen molar-refractivity contribution >= 4 is 11.5 Å². The molecule has 1 aromatic heterocycles. The van der Waals surface area contributed by atoms with Gasteiger partial charge in [0.15, 0.2) is 0 Å². The Labute approximate surface area is 92.2 Å². The second-order valence-electron chi connectivity index (χ2n) is 4.29. The van der Waals surface area contributed by atoms with E-state index in [0.717, 1.165) is 13.1 Å². The molecule has 1 aliphatic carbocycles. The van der Waals surface area contributed by atoms with Crippen molar-refractivity contribution in [1.82, 2.24) is 10.3 Å². The molecular weight excluding hydrogens is 208 g/mol. The summed E-state index contributed by atoms with van der Waals surface area (Å²) in [6.07, 6.45) is 1.44. The van der Waals surface area contributed by atoms with Crippen LogP contribution in [0.25, 0.3) is 0 Å². The Morgan fingerprint density at radius 1 is 1.50 bits per heavy atom. The van der Waals surface area contributed by atoms with Crippen molar-refractivity contribution in [1.29, 1.82) is 0 Å². The van der Waals surface area contributed by atoms with Crippen molar-refractivity contribution in [2.24, 2.45) is 11.8 Å². The Kier molecular flexibility index (Phi) is 2.03. The fraction of sp³-hybridized carbons (Fsp3) is 0.500. The monoisotopic (exact) mass is 220 g/mol. The lowest BCUT2D eigenvalue weighted by Gasteiger charge is -2.08. The highest BCUT2D eigenvalue weighted by Crippen LogP contribution is 2.44. The second-order valence-corrected chi connectivity index (χ2v) is 4.29. The molecule has 0 aromatic carbocycles. The van der Waals surface area contributed by atoms with Crippen LogP contribution in [0, 0.1) is 22.0 Å². The van der Waals surface area contributed by atoms with Crippen LogP contribution in [0.2, 0.25) is 0 Å². The van der Waals surface area contributed by atoms with Crippen molar-refractivity contribution < 1.29 is 4.92 Å². The number of nitrogens with zero attached hydrogens (tertiary/aromatic N) is 2. The number of fused-ring (bicyclic) bond motifs is 1. The number of piperidine rings is 1. The first-order valence-electron chi connectivity index (χ1n) is 5.34. The summed E-state index contributed by atoms with van der Waals surface area (Å²) in [4.78, 5) is 14.1. The van der Waals surface area contributed by atoms with E-state index in [4.69, 9.17) is 0 Å². The van der Waals surface area contributed by atoms with Crippen LogP contribution in [-0.4, -0.2) is 29.0 Å². The molecule has 0 spiro atoms. The van der Waals surface area contributed by atoms with Gasteiger partial charge in [-0.2, -0.15) is 0 Å². The fourth-order valence-electron chi connectivity index (χ4n) is 2.47. The molecule has 2 N–H and O–H groups in total. The number of hydrogen-bond donors (Lipinski definition) is 2. The van der Waals surface area contributed by atoms with Crippen molar-refractivity contribution in [3.8, 4) is 0 Å². The van der Waals surface area contributed by atoms with Crippen LogP contribution in [0.5, 0.6) is 0 Å². The smallest absolute Gasteiger partial charge is 0.375 e. The summed E-state index contributed by atoms with van der Waals surface area (Å²) in [5.74, 6) is 1.17. The molecule has 84 valence electrons. The van der Waals surface area contributed by atoms with Gasteiger partial charge in [-0.25, -0.2) is 0 Å². The largest absolute Gasteiger partial charge is 0.386 e. The zero-order chi connectivity index (χ0) is 11.1. The lowest BCUT2D eigenvalue weighted by atomic mass is 10.3. The first-order chi connectivity index (χ1) is 7.77. The van der Waals surface area contributed by atoms with Gasteiger partial charge in [0.25, 0.3) is 0 Å². The van der Waals surface area contributed by atoms with Gasteiger partial charge in [0.2, 0.25) is 0 Å². The number of rotatable bonds is 3. The summed E-state index contributed by atoms with van der Waals surface area (Å²) in [5, 5.41) is 17.3. The molecule has 1 saturated carbocycles. The third kappa shape index (κ3) is 1.42. The minimum atomic E-state index is -0.446. The maximum absolute atomic E-state index is 10.8. The summed E-state index contributed by atoms with van der Waals surface area (Å²) in [6, 6.07) is 3.81. The Hall–Kier alpha value is -1.69. The summed E-state index contributed by atoms with van der Waals surface area (Å²) < 4.78 is 0. The van der Waals surface area contributed by atoms with Crippen LogP contribution < -0.4 is 10.6 Å². The van der Waals surface area contributed by atoms with Gasteiger partial charge in [0.1, 0.15) is 11.9 Å². The van der Waals surface area contributed by atoms with Crippen molar-refractivity contribution in [2.75, 3.05) is 18.4 Å². The third-order valence-electron chi connectivity index (χ3n) is 3.37. The van der Waals surface area contributed by atoms with Crippen LogP contribution in [0.1, 0.15) is 0 Å². The van der Waals surface area contributed by atoms with E-state index in [1.165, 1.54) is 6.20 Å². The SMILES string of the molecule is O=[N+]([O-])c1ncccc1NC1C2CNCC21. The minimum absolute atomic E-state index is 0.0829. The van der Waals surface area contributed by atoms with Gasteiger partial charge < -0.3 is 20.7 Å². The minimum Gasteiger partial charge on any atom is -0.375 e. The predicted octanol–water partition coefficient (Wildman–Crippen LogP) is 0.619. The number of anilines is 1. The summed E-state index contributed by atoms with van der Waals surface area (Å²) >= 11 is 0. The zero-order valence-corrected chi connectivity index (χ0v) is 8.59. The third-order valence-corrected chi connectivity index (χ3v) is 3.37. The Morgan fingerprint density at radius 2 is 2.25 bits per heavy atom. The molecule has 1 saturated heterocycles. The molecule has 6 heteroatoms. The van der Waals surface area contributed by atoms with E-state index in [0.29, 0.717) is 23.6 Å². The first-order valence-corrected chi connectivity index (χ1v) is 5.34. The van der Waals surface area contributed by atoms with E-state index >= 15 is 0 Å². The van der Waals surface area contributed by atoms with Gasteiger partial charge in [-0.05, 0) is 33.9 Å². The Balaban J connectivity index is 1.77. The van der Waals surface area contributed by atoms with E-state index < -0.39 is 4.92 Å². The van der Waals surface area contributed by atoms with Crippen LogP contribution in [0.3, 0.4) is 0 Å². The average molecular weight is 220 g/mol. The molecule has 2 heterocycles. The molecule has 6 nitrogen and oxygen atoms in total. The van der Waals surface area contributed by atoms with Crippen LogP contribution in [-0.2, 0) is 0 Å². The molecule has 3 rings (SSSR count). The normalized spacial score (nSPS) is 30.9. The highest BCUT2D eigenvalue weighted by atomic mass is 16.6. The van der Waals surface area contributed by atoms with Crippen LogP contribution in [0.4, 0.5) is 11.5 Å². The summed E-state index contributed by atoms with van der Waals surface area (Å²) in [5.41, 5.74) is 0.534. The molecule has 0 bridgehead atoms. The topological polar surface area (TPSA) is 80.1 Å². The fourth-order valence-corrected chi connectivity index (χ4v) is 2.47. The molecule has 2 fully saturated rings. The standard InChI is InChI=1S/C10H12N4O2/c15-14(16)10-8(2-1-3-12-10)13-9-6-4-11-5-7(6)9/h1-3,6-7,9,11,13H,4-5H2. The van der Waals surface area contributed by atoms with Gasteiger partial charge in [-0.1, -0.05) is 0 Å². The Bertz CT molecular complexity index is 427. The molecule has 16 heavy (non-hydrogen) atoms. The molecular formula is C10H12N4O2. The van der Waals surface area contributed by atoms with E-state index in [9.17, 15) is 10.1 Å². The number of pyridine rings is 1. The van der Waals surface area contributed by atoms with Gasteiger partial charge in [-0.15, -0.1) is 0 Å². The van der Waals surface area contributed by atoms with Crippen molar-refractivity contribution in [3.63, 3.8) is 0 Å². The average Bonchev–Trinajstić information content (AvgIpc) is 2.75. The van der Waals surface area contributed by atoms with Gasteiger partial charge >= 0.3 is 5.82 Å². The second kappa shape index (κ2) is 3.41. The molecule has 0 amide bonds. The number of nitrogens with one attached hydrogen (secondary N) is 2. The number of aromatic nitrogens is 1. The van der Waals surface area contributed by atoms with E-state index in [2.05, 4.69) is 15.6 Å². The highest BCUT2D eigenvalue weighted by Gasteiger charge is 2.53. The molecule has 2 atom stereocenters. The molecule has 0 radical (unpaired) electrons. The lowest BCUT2D eigenvalue weighted by molar-refractivity contribution is -0.388. The number of hydrogen-bond acceptors (Lipinski definition) is 5. The molecule has 1 aliphatic heterocycles. The summed E-state index contributed by atoms with van der Waals surface area (Å²) in [7, 11) is 0. The molecule has 1 aromatic rings. The van der Waals surface area contributed by atoms with Gasteiger partial charge in [0, 0.05) is 19.1 Å². The van der Waals surface area contributed by atoms with E-state index in [1.54, 1.807) is 12.1 Å². The van der Waals surface area contributed by atoms with Crippen LogP contribution >= 0.6 is 0 Å². The van der Waals surface area contributed by atoms with E-state index in [1.807, 2.05) is 0 Å². The zero-order valence-electron chi connectivity index (χ0n) is 8.59. The lowest BCUT2D eigenvalue weighted by Crippen LogP contribution is -2.21. The predicted molar refractivity (Wildman–Crippen MR) is 58.2 cm³/mol. The molecule has 2 aliphatic rings. The Morgan fingerprint density at radius 3 is 2.94 bits per heavy atom. The maximum atomic E-state index is 10.8. The maximum Gasteiger partial charge on any atom is 0.386 e. The van der Waals surface area contributed by atoms with Gasteiger partial charge in [-0.3, -0.25) is 0 Å². The first kappa shape index (κ1) is 9.53. The van der Waals surface area contributed by atoms with Gasteiger partial charge in [0.05, 0.1) is 0 Å². The quantitative estimate of drug-likeness (QED) is 0.576. The number of nitro groups is 1. The van der Waals surface area contributed by atoms with Crippen LogP contribution in [0.15, 0.2) is 18.3 Å². The summed E-state index contributed by atoms with van der Waals surface area (Å²) in [6.45, 7) is 2.02. The molecule has 2 unspecified atom stereocenters. The van der Waals surface area contributed by atoms with Crippen molar-refractivity contribution in [2.45, 2.75) is 6.04 Å². The highest BCUT2D eigenvalue weighted by molar-refractivity contribution is 5.58. The van der Waals surface area contributed by atoms with Crippen molar-refractivity contribution in [3.05, 3.63) is 28.4 Å².